The molecular weight excluding hydrogens is 322 g/mol. The monoisotopic (exact) mass is 335 g/mol. The van der Waals surface area contributed by atoms with Gasteiger partial charge in [0.05, 0.1) is 18.2 Å². The molecule has 7 heteroatoms. The lowest BCUT2D eigenvalue weighted by molar-refractivity contribution is 0.0937. The van der Waals surface area contributed by atoms with Gasteiger partial charge in [0.25, 0.3) is 5.91 Å². The predicted molar refractivity (Wildman–Crippen MR) is 88.9 cm³/mol. The third-order valence-electron chi connectivity index (χ3n) is 3.94. The van der Waals surface area contributed by atoms with Gasteiger partial charge in [-0.3, -0.25) is 10.2 Å². The Balaban J connectivity index is 1.92. The maximum Gasteiger partial charge on any atom is 0.284 e. The Morgan fingerprint density at radius 3 is 2.80 bits per heavy atom. The molecule has 0 spiro atoms. The zero-order valence-corrected chi connectivity index (χ0v) is 13.2. The molecule has 2 aliphatic heterocycles. The van der Waals surface area contributed by atoms with Crippen molar-refractivity contribution in [2.45, 2.75) is 0 Å². The molecule has 4 rings (SSSR count). The topological polar surface area (TPSA) is 101 Å². The summed E-state index contributed by atoms with van der Waals surface area (Å²) in [5, 5.41) is 23.0. The van der Waals surface area contributed by atoms with Gasteiger partial charge in [0.15, 0.2) is 5.49 Å². The molecular formula is C18H13N3O4. The van der Waals surface area contributed by atoms with E-state index in [1.54, 1.807) is 43.5 Å². The Morgan fingerprint density at radius 1 is 1.24 bits per heavy atom. The van der Waals surface area contributed by atoms with Crippen LogP contribution in [-0.4, -0.2) is 27.9 Å². The molecule has 2 aromatic rings. The molecule has 0 atom stereocenters. The van der Waals surface area contributed by atoms with E-state index in [-0.39, 0.29) is 22.7 Å². The highest BCUT2D eigenvalue weighted by Crippen LogP contribution is 2.27. The van der Waals surface area contributed by atoms with Gasteiger partial charge < -0.3 is 14.3 Å². The van der Waals surface area contributed by atoms with Crippen LogP contribution in [-0.2, 0) is 0 Å². The SMILES string of the molecule is COc1ccc2cc3c(=N)n(C(=O)c4ccccc4O)nc-3oc2c1. The molecule has 0 fully saturated rings. The van der Waals surface area contributed by atoms with Gasteiger partial charge in [-0.15, -0.1) is 5.10 Å². The highest BCUT2D eigenvalue weighted by molar-refractivity contribution is 5.98. The molecule has 0 radical (unpaired) electrons. The van der Waals surface area contributed by atoms with Crippen LogP contribution < -0.4 is 10.2 Å². The molecule has 7 nitrogen and oxygen atoms in total. The molecule has 2 aromatic carbocycles. The Bertz CT molecular complexity index is 1140. The summed E-state index contributed by atoms with van der Waals surface area (Å²) in [6, 6.07) is 13.2. The van der Waals surface area contributed by atoms with Gasteiger partial charge in [-0.25, -0.2) is 0 Å². The van der Waals surface area contributed by atoms with Crippen molar-refractivity contribution in [2.24, 2.45) is 0 Å². The molecule has 124 valence electrons. The van der Waals surface area contributed by atoms with Crippen molar-refractivity contribution < 1.29 is 19.1 Å². The van der Waals surface area contributed by atoms with E-state index in [0.717, 1.165) is 10.1 Å². The number of carbonyl (C=O) groups excluding carboxylic acids is 1. The number of phenolic OH excluding ortho intramolecular Hbond substituents is 1. The van der Waals surface area contributed by atoms with Gasteiger partial charge in [-0.05, 0) is 30.3 Å². The number of fused-ring (bicyclic) bond motifs is 2. The maximum atomic E-state index is 12.6. The van der Waals surface area contributed by atoms with Crippen LogP contribution in [0, 0.1) is 5.41 Å². The highest BCUT2D eigenvalue weighted by Gasteiger charge is 2.22. The number of nitrogens with one attached hydrogen (secondary N) is 1. The fraction of sp³-hybridized carbons (Fsp3) is 0.0556. The molecule has 2 heterocycles. The number of para-hydroxylation sites is 1. The molecule has 0 amide bonds. The maximum absolute atomic E-state index is 12.6. The summed E-state index contributed by atoms with van der Waals surface area (Å²) in [5.41, 5.74) is 0.896. The van der Waals surface area contributed by atoms with Gasteiger partial charge in [-0.1, -0.05) is 12.1 Å². The number of phenols is 1. The molecule has 0 aromatic heterocycles. The van der Waals surface area contributed by atoms with Gasteiger partial charge in [0, 0.05) is 11.5 Å². The zero-order valence-electron chi connectivity index (χ0n) is 13.2. The van der Waals surface area contributed by atoms with E-state index in [4.69, 9.17) is 14.6 Å². The van der Waals surface area contributed by atoms with Crippen molar-refractivity contribution in [1.29, 1.82) is 5.41 Å². The van der Waals surface area contributed by atoms with Crippen LogP contribution in [0.1, 0.15) is 10.4 Å². The van der Waals surface area contributed by atoms with Crippen LogP contribution in [0.5, 0.6) is 11.5 Å². The molecule has 0 saturated heterocycles. The van der Waals surface area contributed by atoms with E-state index in [0.29, 0.717) is 16.9 Å². The van der Waals surface area contributed by atoms with Crippen LogP contribution >= 0.6 is 0 Å². The van der Waals surface area contributed by atoms with Gasteiger partial charge >= 0.3 is 0 Å². The lowest BCUT2D eigenvalue weighted by Crippen LogP contribution is -2.25. The first-order valence-electron chi connectivity index (χ1n) is 7.46. The molecule has 0 saturated carbocycles. The van der Waals surface area contributed by atoms with E-state index in [2.05, 4.69) is 5.10 Å². The van der Waals surface area contributed by atoms with Crippen molar-refractivity contribution in [3.63, 3.8) is 0 Å². The normalized spacial score (nSPS) is 11.1. The molecule has 0 aliphatic carbocycles. The Morgan fingerprint density at radius 2 is 2.04 bits per heavy atom. The van der Waals surface area contributed by atoms with E-state index in [1.165, 1.54) is 12.1 Å². The first-order chi connectivity index (χ1) is 12.1. The number of rotatable bonds is 2. The van der Waals surface area contributed by atoms with E-state index in [1.807, 2.05) is 0 Å². The van der Waals surface area contributed by atoms with Gasteiger partial charge in [-0.2, -0.15) is 4.68 Å². The Hall–Kier alpha value is -3.61. The number of nitrogens with zero attached hydrogens (tertiary/aromatic N) is 2. The Kier molecular flexibility index (Phi) is 3.28. The predicted octanol–water partition coefficient (Wildman–Crippen LogP) is 2.62. The third kappa shape index (κ3) is 2.33. The first-order valence-corrected chi connectivity index (χ1v) is 7.46. The Labute approximate surface area is 141 Å². The first kappa shape index (κ1) is 14.9. The summed E-state index contributed by atoms with van der Waals surface area (Å²) >= 11 is 0. The quantitative estimate of drug-likeness (QED) is 0.586. The van der Waals surface area contributed by atoms with E-state index >= 15 is 0 Å². The van der Waals surface area contributed by atoms with E-state index in [9.17, 15) is 9.90 Å². The minimum Gasteiger partial charge on any atom is -0.507 e. The summed E-state index contributed by atoms with van der Waals surface area (Å²) in [7, 11) is 1.56. The number of hydrogen-bond acceptors (Lipinski definition) is 6. The smallest absolute Gasteiger partial charge is 0.284 e. The molecule has 25 heavy (non-hydrogen) atoms. The third-order valence-corrected chi connectivity index (χ3v) is 3.94. The summed E-state index contributed by atoms with van der Waals surface area (Å²) in [6.45, 7) is 0. The lowest BCUT2D eigenvalue weighted by Gasteiger charge is -2.03. The zero-order chi connectivity index (χ0) is 17.6. The number of hydrogen-bond donors (Lipinski definition) is 2. The second kappa shape index (κ2) is 5.48. The molecule has 2 aliphatic rings. The largest absolute Gasteiger partial charge is 0.507 e. The van der Waals surface area contributed by atoms with Crippen LogP contribution in [0.2, 0.25) is 0 Å². The lowest BCUT2D eigenvalue weighted by atomic mass is 10.1. The molecule has 2 N–H and O–H groups in total. The van der Waals surface area contributed by atoms with Crippen molar-refractivity contribution in [2.75, 3.05) is 7.11 Å². The van der Waals surface area contributed by atoms with Crippen molar-refractivity contribution in [3.05, 3.63) is 59.6 Å². The van der Waals surface area contributed by atoms with Crippen molar-refractivity contribution >= 4 is 16.9 Å². The standard InChI is InChI=1S/C18H13N3O4/c1-24-11-7-6-10-8-13-16(19)21(20-17(13)25-15(10)9-11)18(23)12-4-2-3-5-14(12)22/h2-9,19,22H,1H3. The number of methoxy groups -OCH3 is 1. The highest BCUT2D eigenvalue weighted by atomic mass is 16.5. The summed E-state index contributed by atoms with van der Waals surface area (Å²) in [5.74, 6) is 0.0235. The number of benzene rings is 2. The van der Waals surface area contributed by atoms with Crippen molar-refractivity contribution in [3.8, 4) is 23.0 Å². The molecule has 0 unspecified atom stereocenters. The van der Waals surface area contributed by atoms with E-state index < -0.39 is 5.91 Å². The summed E-state index contributed by atoms with van der Waals surface area (Å²) in [6.07, 6.45) is 0. The van der Waals surface area contributed by atoms with Crippen LogP contribution in [0.3, 0.4) is 0 Å². The fourth-order valence-corrected chi connectivity index (χ4v) is 2.64. The minimum absolute atomic E-state index is 0.0648. The van der Waals surface area contributed by atoms with Crippen LogP contribution in [0.4, 0.5) is 0 Å². The number of aromatic hydroxyl groups is 1. The summed E-state index contributed by atoms with van der Waals surface area (Å²) < 4.78 is 11.8. The van der Waals surface area contributed by atoms with Gasteiger partial charge in [0.1, 0.15) is 17.1 Å². The van der Waals surface area contributed by atoms with Crippen molar-refractivity contribution in [1.82, 2.24) is 9.78 Å². The van der Waals surface area contributed by atoms with Gasteiger partial charge in [0.2, 0.25) is 5.89 Å². The van der Waals surface area contributed by atoms with Crippen LogP contribution in [0.15, 0.2) is 52.9 Å². The summed E-state index contributed by atoms with van der Waals surface area (Å²) in [4.78, 5) is 12.6. The fourth-order valence-electron chi connectivity index (χ4n) is 2.64. The minimum atomic E-state index is -0.601. The number of aromatic nitrogens is 2. The molecule has 0 bridgehead atoms. The second-order valence-electron chi connectivity index (χ2n) is 5.45. The average Bonchev–Trinajstić information content (AvgIpc) is 2.95. The second-order valence-corrected chi connectivity index (χ2v) is 5.45. The average molecular weight is 335 g/mol. The number of carbonyl (C=O) groups is 1. The van der Waals surface area contributed by atoms with Crippen LogP contribution in [0.25, 0.3) is 22.4 Å². The number of ether oxygens (including phenoxy) is 1.